The van der Waals surface area contributed by atoms with Crippen molar-refractivity contribution in [2.24, 2.45) is 0 Å². The molecule has 2 atom stereocenters. The fraction of sp³-hybridized carbons (Fsp3) is 0.500. The van der Waals surface area contributed by atoms with Gasteiger partial charge in [-0.05, 0) is 19.4 Å². The number of ether oxygens (including phenoxy) is 1. The summed E-state index contributed by atoms with van der Waals surface area (Å²) in [5.74, 6) is -0.362. The quantitative estimate of drug-likeness (QED) is 0.723. The van der Waals surface area contributed by atoms with Gasteiger partial charge in [0.2, 0.25) is 0 Å². The third kappa shape index (κ3) is 5.29. The number of rotatable bonds is 7. The first-order valence-corrected chi connectivity index (χ1v) is 6.25. The molecule has 2 unspecified atom stereocenters. The van der Waals surface area contributed by atoms with Crippen molar-refractivity contribution in [2.45, 2.75) is 32.4 Å². The summed E-state index contributed by atoms with van der Waals surface area (Å²) >= 11 is 0. The Morgan fingerprint density at radius 1 is 1.39 bits per heavy atom. The topological polar surface area (TPSA) is 58.6 Å². The summed E-state index contributed by atoms with van der Waals surface area (Å²) in [6.45, 7) is 4.49. The summed E-state index contributed by atoms with van der Waals surface area (Å²) in [5, 5.41) is 12.9. The maximum absolute atomic E-state index is 11.2. The summed E-state index contributed by atoms with van der Waals surface area (Å²) in [6, 6.07) is 10.1. The van der Waals surface area contributed by atoms with Gasteiger partial charge < -0.3 is 15.2 Å². The summed E-state index contributed by atoms with van der Waals surface area (Å²) in [7, 11) is 0. The van der Waals surface area contributed by atoms with Crippen molar-refractivity contribution in [1.29, 1.82) is 0 Å². The van der Waals surface area contributed by atoms with Gasteiger partial charge in [0.1, 0.15) is 0 Å². The maximum Gasteiger partial charge on any atom is 0.308 e. The van der Waals surface area contributed by atoms with Gasteiger partial charge in [-0.3, -0.25) is 4.79 Å². The van der Waals surface area contributed by atoms with Crippen molar-refractivity contribution in [3.8, 4) is 0 Å². The molecule has 0 heterocycles. The van der Waals surface area contributed by atoms with Crippen molar-refractivity contribution in [1.82, 2.24) is 5.32 Å². The fourth-order valence-corrected chi connectivity index (χ4v) is 1.66. The van der Waals surface area contributed by atoms with Crippen molar-refractivity contribution in [3.05, 3.63) is 35.9 Å². The van der Waals surface area contributed by atoms with Crippen LogP contribution >= 0.6 is 0 Å². The first kappa shape index (κ1) is 14.7. The highest BCUT2D eigenvalue weighted by Gasteiger charge is 2.13. The molecule has 0 radical (unpaired) electrons. The lowest BCUT2D eigenvalue weighted by molar-refractivity contribution is -0.145. The largest absolute Gasteiger partial charge is 0.466 e. The predicted molar refractivity (Wildman–Crippen MR) is 70.1 cm³/mol. The van der Waals surface area contributed by atoms with E-state index in [9.17, 15) is 9.90 Å². The number of hydrogen-bond donors (Lipinski definition) is 2. The molecule has 1 aromatic rings. The van der Waals surface area contributed by atoms with E-state index in [1.54, 1.807) is 6.92 Å². The molecule has 1 aromatic carbocycles. The summed E-state index contributed by atoms with van der Waals surface area (Å²) in [6.07, 6.45) is -0.683. The van der Waals surface area contributed by atoms with Gasteiger partial charge in [-0.1, -0.05) is 30.3 Å². The average Bonchev–Trinajstić information content (AvgIpc) is 2.37. The Morgan fingerprint density at radius 2 is 2.06 bits per heavy atom. The van der Waals surface area contributed by atoms with Crippen molar-refractivity contribution in [2.75, 3.05) is 13.2 Å². The van der Waals surface area contributed by atoms with Crippen LogP contribution in [0.4, 0.5) is 0 Å². The smallest absolute Gasteiger partial charge is 0.308 e. The Labute approximate surface area is 108 Å². The molecule has 1 rings (SSSR count). The Hall–Kier alpha value is -1.39. The van der Waals surface area contributed by atoms with E-state index in [1.807, 2.05) is 37.3 Å². The molecule has 0 saturated heterocycles. The van der Waals surface area contributed by atoms with E-state index >= 15 is 0 Å². The molecular formula is C14H21NO3. The summed E-state index contributed by atoms with van der Waals surface area (Å²) in [4.78, 5) is 11.2. The molecule has 0 bridgehead atoms. The number of hydrogen-bond acceptors (Lipinski definition) is 4. The van der Waals surface area contributed by atoms with E-state index in [-0.39, 0.29) is 18.4 Å². The van der Waals surface area contributed by atoms with Gasteiger partial charge in [-0.15, -0.1) is 0 Å². The molecule has 0 aromatic heterocycles. The highest BCUT2D eigenvalue weighted by Crippen LogP contribution is 2.11. The molecule has 0 saturated carbocycles. The lowest BCUT2D eigenvalue weighted by Gasteiger charge is -2.17. The predicted octanol–water partition coefficient (Wildman–Crippen LogP) is 1.65. The number of carbonyl (C=O) groups excluding carboxylic acids is 1. The Balaban J connectivity index is 2.30. The number of benzene rings is 1. The molecule has 2 N–H and O–H groups in total. The molecule has 0 fully saturated rings. The van der Waals surface area contributed by atoms with Crippen LogP contribution in [0.1, 0.15) is 31.9 Å². The van der Waals surface area contributed by atoms with Crippen LogP contribution in [0.5, 0.6) is 0 Å². The van der Waals surface area contributed by atoms with Crippen molar-refractivity contribution in [3.63, 3.8) is 0 Å². The van der Waals surface area contributed by atoms with E-state index in [1.165, 1.54) is 0 Å². The molecule has 0 spiro atoms. The third-order valence-corrected chi connectivity index (χ3v) is 2.67. The molecule has 100 valence electrons. The fourth-order valence-electron chi connectivity index (χ4n) is 1.66. The van der Waals surface area contributed by atoms with Crippen LogP contribution in [0, 0.1) is 0 Å². The molecular weight excluding hydrogens is 230 g/mol. The SMILES string of the molecule is CCOC(=O)CC(O)CNC(C)c1ccccc1. The Morgan fingerprint density at radius 3 is 2.67 bits per heavy atom. The second kappa shape index (κ2) is 7.84. The first-order valence-electron chi connectivity index (χ1n) is 6.25. The third-order valence-electron chi connectivity index (χ3n) is 2.67. The van der Waals surface area contributed by atoms with Gasteiger partial charge in [0.05, 0.1) is 19.1 Å². The van der Waals surface area contributed by atoms with Crippen molar-refractivity contribution < 1.29 is 14.6 Å². The Bertz CT molecular complexity index is 353. The summed E-state index contributed by atoms with van der Waals surface area (Å²) in [5.41, 5.74) is 1.15. The molecule has 0 aliphatic rings. The zero-order valence-electron chi connectivity index (χ0n) is 10.9. The van der Waals surface area contributed by atoms with Gasteiger partial charge in [-0.25, -0.2) is 0 Å². The van der Waals surface area contributed by atoms with Crippen LogP contribution in [0.25, 0.3) is 0 Å². The maximum atomic E-state index is 11.2. The van der Waals surface area contributed by atoms with Crippen LogP contribution < -0.4 is 5.32 Å². The monoisotopic (exact) mass is 251 g/mol. The van der Waals surface area contributed by atoms with E-state index in [0.717, 1.165) is 5.56 Å². The number of esters is 1. The van der Waals surface area contributed by atoms with Gasteiger partial charge in [0.15, 0.2) is 0 Å². The van der Waals surface area contributed by atoms with Crippen LogP contribution in [0.3, 0.4) is 0 Å². The minimum absolute atomic E-state index is 0.0301. The zero-order chi connectivity index (χ0) is 13.4. The lowest BCUT2D eigenvalue weighted by Crippen LogP contribution is -2.31. The molecule has 0 aliphatic heterocycles. The van der Waals surface area contributed by atoms with E-state index in [0.29, 0.717) is 13.2 Å². The molecule has 18 heavy (non-hydrogen) atoms. The number of aliphatic hydroxyl groups excluding tert-OH is 1. The first-order chi connectivity index (χ1) is 8.63. The molecule has 4 nitrogen and oxygen atoms in total. The van der Waals surface area contributed by atoms with E-state index < -0.39 is 6.10 Å². The summed E-state index contributed by atoms with van der Waals surface area (Å²) < 4.78 is 4.78. The van der Waals surface area contributed by atoms with E-state index in [2.05, 4.69) is 5.32 Å². The van der Waals surface area contributed by atoms with Gasteiger partial charge in [-0.2, -0.15) is 0 Å². The highest BCUT2D eigenvalue weighted by atomic mass is 16.5. The normalized spacial score (nSPS) is 13.9. The van der Waals surface area contributed by atoms with Crippen LogP contribution in [0.2, 0.25) is 0 Å². The minimum atomic E-state index is -0.713. The number of nitrogens with one attached hydrogen (secondary N) is 1. The van der Waals surface area contributed by atoms with Crippen LogP contribution in [-0.2, 0) is 9.53 Å². The average molecular weight is 251 g/mol. The molecule has 4 heteroatoms. The van der Waals surface area contributed by atoms with Crippen LogP contribution in [-0.4, -0.2) is 30.3 Å². The second-order valence-corrected chi connectivity index (χ2v) is 4.20. The zero-order valence-corrected chi connectivity index (χ0v) is 10.9. The number of aliphatic hydroxyl groups is 1. The van der Waals surface area contributed by atoms with Crippen molar-refractivity contribution >= 4 is 5.97 Å². The number of carbonyl (C=O) groups is 1. The van der Waals surface area contributed by atoms with Crippen LogP contribution in [0.15, 0.2) is 30.3 Å². The second-order valence-electron chi connectivity index (χ2n) is 4.20. The minimum Gasteiger partial charge on any atom is -0.466 e. The standard InChI is InChI=1S/C14H21NO3/c1-3-18-14(17)9-13(16)10-15-11(2)12-7-5-4-6-8-12/h4-8,11,13,15-16H,3,9-10H2,1-2H3. The van der Waals surface area contributed by atoms with Gasteiger partial charge >= 0.3 is 5.97 Å². The highest BCUT2D eigenvalue weighted by molar-refractivity contribution is 5.69. The Kier molecular flexibility index (Phi) is 6.39. The van der Waals surface area contributed by atoms with E-state index in [4.69, 9.17) is 4.74 Å². The molecule has 0 amide bonds. The molecule has 0 aliphatic carbocycles. The van der Waals surface area contributed by atoms with Gasteiger partial charge in [0.25, 0.3) is 0 Å². The lowest BCUT2D eigenvalue weighted by atomic mass is 10.1. The van der Waals surface area contributed by atoms with Gasteiger partial charge in [0, 0.05) is 12.6 Å².